The van der Waals surface area contributed by atoms with Crippen molar-refractivity contribution in [1.82, 2.24) is 0 Å². The molecule has 2 aromatic rings. The van der Waals surface area contributed by atoms with Crippen molar-refractivity contribution in [2.75, 3.05) is 0 Å². The van der Waals surface area contributed by atoms with Crippen molar-refractivity contribution in [3.8, 4) is 0 Å². The minimum atomic E-state index is -5.39. The average molecular weight is 741 g/mol. The van der Waals surface area contributed by atoms with Crippen LogP contribution >= 0.6 is 7.28 Å². The van der Waals surface area contributed by atoms with Crippen molar-refractivity contribution in [3.63, 3.8) is 0 Å². The van der Waals surface area contributed by atoms with E-state index in [2.05, 4.69) is 52.0 Å². The van der Waals surface area contributed by atoms with Crippen molar-refractivity contribution >= 4 is 17.9 Å². The molecule has 0 bridgehead atoms. The molecule has 0 aliphatic rings. The van der Waals surface area contributed by atoms with Gasteiger partial charge in [-0.05, 0) is 0 Å². The van der Waals surface area contributed by atoms with Gasteiger partial charge in [-0.15, -0.1) is 0 Å². The third kappa shape index (κ3) is 18.9. The summed E-state index contributed by atoms with van der Waals surface area (Å²) in [6.45, 7) is 9.06. The van der Waals surface area contributed by atoms with Crippen LogP contribution in [-0.2, 0) is 25.7 Å². The van der Waals surface area contributed by atoms with Gasteiger partial charge in [0.15, 0.2) is 0 Å². The third-order valence-corrected chi connectivity index (χ3v) is 14.1. The zero-order chi connectivity index (χ0) is 37.8. The van der Waals surface area contributed by atoms with Crippen LogP contribution in [0.3, 0.4) is 0 Å². The molecule has 0 unspecified atom stereocenters. The van der Waals surface area contributed by atoms with Gasteiger partial charge < -0.3 is 0 Å². The number of hydrogen-bond acceptors (Lipinski definition) is 3. The minimum absolute atomic E-state index is 0.376. The summed E-state index contributed by atoms with van der Waals surface area (Å²) in [4.78, 5) is 37.0. The van der Waals surface area contributed by atoms with E-state index in [4.69, 9.17) is 0 Å². The molecule has 3 nitrogen and oxygen atoms in total. The fourth-order valence-corrected chi connectivity index (χ4v) is 10.4. The molecule has 2 rings (SSSR count). The Labute approximate surface area is 323 Å². The van der Waals surface area contributed by atoms with Gasteiger partial charge in [0.1, 0.15) is 0 Å². The first-order valence-electron chi connectivity index (χ1n) is 22.8. The molecule has 0 spiro atoms. The topological polar surface area (TPSA) is 60.7 Å². The fourth-order valence-electron chi connectivity index (χ4n) is 8.04. The van der Waals surface area contributed by atoms with E-state index in [1.165, 1.54) is 152 Å². The molecule has 2 aromatic carbocycles. The fraction of sp³-hybridized carbons (Fsp3) is 0.750. The first-order chi connectivity index (χ1) is 25.3. The Morgan fingerprint density at radius 2 is 0.577 bits per heavy atom. The van der Waals surface area contributed by atoms with Crippen LogP contribution in [0.15, 0.2) is 36.4 Å². The summed E-state index contributed by atoms with van der Waals surface area (Å²) in [6, 6.07) is 12.3. The Balaban J connectivity index is 2.31. The van der Waals surface area contributed by atoms with Crippen LogP contribution in [0.1, 0.15) is 230 Å². The molecule has 0 fully saturated rings. The summed E-state index contributed by atoms with van der Waals surface area (Å²) in [5.41, 5.74) is 4.40. The van der Waals surface area contributed by atoms with E-state index in [1.807, 2.05) is 12.1 Å². The number of benzene rings is 2. The second kappa shape index (κ2) is 28.2. The third-order valence-electron chi connectivity index (χ3n) is 11.4. The molecule has 300 valence electrons. The molecular formula is C48H85O3P. The van der Waals surface area contributed by atoms with Crippen molar-refractivity contribution in [3.05, 3.63) is 58.7 Å². The van der Waals surface area contributed by atoms with E-state index in [0.717, 1.165) is 75.3 Å². The van der Waals surface area contributed by atoms with E-state index in [0.29, 0.717) is 10.6 Å². The van der Waals surface area contributed by atoms with E-state index >= 15 is 0 Å². The van der Waals surface area contributed by atoms with Crippen LogP contribution in [0.5, 0.6) is 0 Å². The summed E-state index contributed by atoms with van der Waals surface area (Å²) in [7, 11) is -5.39. The van der Waals surface area contributed by atoms with E-state index < -0.39 is 7.28 Å². The van der Waals surface area contributed by atoms with Crippen molar-refractivity contribution in [1.29, 1.82) is 0 Å². The molecule has 0 saturated heterocycles. The molecule has 0 amide bonds. The predicted octanol–water partition coefficient (Wildman–Crippen LogP) is 14.1. The summed E-state index contributed by atoms with van der Waals surface area (Å²) in [6.07, 6.45) is 38.5. The Morgan fingerprint density at radius 3 is 0.865 bits per heavy atom. The van der Waals surface area contributed by atoms with Crippen LogP contribution in [0.25, 0.3) is 0 Å². The van der Waals surface area contributed by atoms with E-state index in [1.54, 1.807) is 0 Å². The summed E-state index contributed by atoms with van der Waals surface area (Å²) < 4.78 is 0. The maximum atomic E-state index is 12.3. The number of aryl methyl sites for hydroxylation is 4. The molecule has 0 heterocycles. The molecule has 0 saturated carbocycles. The van der Waals surface area contributed by atoms with Crippen LogP contribution in [0.4, 0.5) is 0 Å². The van der Waals surface area contributed by atoms with Crippen LogP contribution < -0.4 is 10.6 Å². The zero-order valence-corrected chi connectivity index (χ0v) is 35.8. The Bertz CT molecular complexity index is 1080. The molecule has 52 heavy (non-hydrogen) atoms. The standard InChI is InChI=1S/C48H85O3P/c1-5-9-13-17-21-25-29-33-43-37-39-47(45(41-43)35-31-27-23-19-15-11-7-3)52(49,50,51)48-40-38-44(34-30-26-22-18-14-10-6-2)42-46(48)36-32-28-24-20-16-12-8-4/h37-42,49-51H,5-36H2,1-4H3. The van der Waals surface area contributed by atoms with Crippen LogP contribution in [0, 0.1) is 0 Å². The molecule has 0 radical (unpaired) electrons. The van der Waals surface area contributed by atoms with Gasteiger partial charge in [0.25, 0.3) is 0 Å². The first-order valence-corrected chi connectivity index (χ1v) is 24.9. The Hall–Kier alpha value is -1.25. The van der Waals surface area contributed by atoms with Crippen molar-refractivity contribution < 1.29 is 14.7 Å². The Morgan fingerprint density at radius 1 is 0.327 bits per heavy atom. The van der Waals surface area contributed by atoms with Crippen molar-refractivity contribution in [2.45, 2.75) is 233 Å². The second-order valence-electron chi connectivity index (χ2n) is 16.4. The van der Waals surface area contributed by atoms with Gasteiger partial charge in [-0.3, -0.25) is 0 Å². The number of hydrogen-bond donors (Lipinski definition) is 3. The Kier molecular flexibility index (Phi) is 25.4. The monoisotopic (exact) mass is 741 g/mol. The summed E-state index contributed by atoms with van der Waals surface area (Å²) in [5, 5.41) is 0.752. The van der Waals surface area contributed by atoms with Gasteiger partial charge in [0.05, 0.1) is 0 Å². The van der Waals surface area contributed by atoms with Gasteiger partial charge in [0.2, 0.25) is 0 Å². The number of rotatable bonds is 34. The molecule has 3 N–H and O–H groups in total. The summed E-state index contributed by atoms with van der Waals surface area (Å²) >= 11 is 0. The molecule has 4 heteroatoms. The van der Waals surface area contributed by atoms with Crippen molar-refractivity contribution in [2.24, 2.45) is 0 Å². The predicted molar refractivity (Wildman–Crippen MR) is 233 cm³/mol. The molecule has 0 aliphatic heterocycles. The van der Waals surface area contributed by atoms with Gasteiger partial charge >= 0.3 is 311 Å². The van der Waals surface area contributed by atoms with Gasteiger partial charge in [-0.25, -0.2) is 0 Å². The molecular weight excluding hydrogens is 655 g/mol. The van der Waals surface area contributed by atoms with Crippen LogP contribution in [0.2, 0.25) is 0 Å². The average Bonchev–Trinajstić information content (AvgIpc) is 3.13. The van der Waals surface area contributed by atoms with Gasteiger partial charge in [-0.1, -0.05) is 13.8 Å². The quantitative estimate of drug-likeness (QED) is 0.0494. The molecule has 0 aliphatic carbocycles. The van der Waals surface area contributed by atoms with Gasteiger partial charge in [-0.2, -0.15) is 0 Å². The van der Waals surface area contributed by atoms with Gasteiger partial charge in [0, 0.05) is 0 Å². The SMILES string of the molecule is CCCCCCCCCc1ccc(P(O)(O)(O)c2ccc(CCCCCCCCC)cc2CCCCCCCCC)c(CCCCCCCCC)c1. The summed E-state index contributed by atoms with van der Waals surface area (Å²) in [5.74, 6) is 0. The number of unbranched alkanes of at least 4 members (excludes halogenated alkanes) is 24. The van der Waals surface area contributed by atoms with E-state index in [9.17, 15) is 14.7 Å². The normalized spacial score (nSPS) is 12.7. The second-order valence-corrected chi connectivity index (χ2v) is 19.3. The maximum absolute atomic E-state index is 12.3. The van der Waals surface area contributed by atoms with E-state index in [-0.39, 0.29) is 0 Å². The first kappa shape index (κ1) is 46.9. The van der Waals surface area contributed by atoms with Crippen LogP contribution in [-0.4, -0.2) is 14.7 Å². The molecule has 0 aromatic heterocycles. The zero-order valence-electron chi connectivity index (χ0n) is 34.9. The molecule has 0 atom stereocenters.